The predicted octanol–water partition coefficient (Wildman–Crippen LogP) is 1.95. The summed E-state index contributed by atoms with van der Waals surface area (Å²) < 4.78 is 13.1. The molecule has 18 heavy (non-hydrogen) atoms. The van der Waals surface area contributed by atoms with E-state index in [2.05, 4.69) is 9.80 Å². The molecule has 0 bridgehead atoms. The van der Waals surface area contributed by atoms with Crippen LogP contribution < -0.4 is 10.6 Å². The Kier molecular flexibility index (Phi) is 4.80. The number of halogens is 2. The molecule has 0 unspecified atom stereocenters. The first-order valence-electron chi connectivity index (χ1n) is 6.33. The molecule has 1 aliphatic rings. The van der Waals surface area contributed by atoms with Gasteiger partial charge in [0.05, 0.1) is 5.02 Å². The topological polar surface area (TPSA) is 32.5 Å². The molecule has 0 amide bonds. The fourth-order valence-corrected chi connectivity index (χ4v) is 2.40. The van der Waals surface area contributed by atoms with Gasteiger partial charge in [0, 0.05) is 31.9 Å². The largest absolute Gasteiger partial charge is 0.369 e. The maximum absolute atomic E-state index is 13.1. The Balaban J connectivity index is 1.90. The van der Waals surface area contributed by atoms with Gasteiger partial charge < -0.3 is 10.6 Å². The summed E-state index contributed by atoms with van der Waals surface area (Å²) in [5, 5.41) is 0.193. The highest BCUT2D eigenvalue weighted by molar-refractivity contribution is 6.31. The second-order valence-electron chi connectivity index (χ2n) is 4.57. The van der Waals surface area contributed by atoms with E-state index in [9.17, 15) is 4.39 Å². The van der Waals surface area contributed by atoms with Crippen molar-refractivity contribution in [2.45, 2.75) is 6.42 Å². The normalized spacial score (nSPS) is 17.2. The van der Waals surface area contributed by atoms with Crippen LogP contribution in [0.2, 0.25) is 5.02 Å². The van der Waals surface area contributed by atoms with Crippen LogP contribution in [-0.2, 0) is 0 Å². The third-order valence-electron chi connectivity index (χ3n) is 3.32. The molecule has 3 nitrogen and oxygen atoms in total. The Morgan fingerprint density at radius 2 is 1.94 bits per heavy atom. The number of hydrogen-bond acceptors (Lipinski definition) is 3. The van der Waals surface area contributed by atoms with E-state index in [4.69, 9.17) is 17.3 Å². The monoisotopic (exact) mass is 271 g/mol. The van der Waals surface area contributed by atoms with Gasteiger partial charge in [-0.15, -0.1) is 0 Å². The summed E-state index contributed by atoms with van der Waals surface area (Å²) in [4.78, 5) is 4.65. The third-order valence-corrected chi connectivity index (χ3v) is 3.61. The Hall–Kier alpha value is -0.840. The van der Waals surface area contributed by atoms with E-state index in [0.29, 0.717) is 0 Å². The summed E-state index contributed by atoms with van der Waals surface area (Å²) in [6, 6.07) is 4.92. The van der Waals surface area contributed by atoms with Gasteiger partial charge in [-0.25, -0.2) is 4.39 Å². The molecule has 1 aromatic rings. The van der Waals surface area contributed by atoms with Crippen molar-refractivity contribution in [1.82, 2.24) is 4.90 Å². The number of anilines is 1. The summed E-state index contributed by atoms with van der Waals surface area (Å²) in [5.41, 5.74) is 6.51. The van der Waals surface area contributed by atoms with E-state index in [1.165, 1.54) is 6.07 Å². The van der Waals surface area contributed by atoms with Gasteiger partial charge in [0.2, 0.25) is 0 Å². The minimum atomic E-state index is -0.359. The molecule has 100 valence electrons. The predicted molar refractivity (Wildman–Crippen MR) is 73.7 cm³/mol. The summed E-state index contributed by atoms with van der Waals surface area (Å²) in [5.74, 6) is -0.359. The zero-order chi connectivity index (χ0) is 13.0. The van der Waals surface area contributed by atoms with Crippen LogP contribution in [0, 0.1) is 5.82 Å². The number of benzene rings is 1. The summed E-state index contributed by atoms with van der Waals surface area (Å²) in [7, 11) is 0. The molecule has 0 aliphatic carbocycles. The molecule has 1 heterocycles. The van der Waals surface area contributed by atoms with Gasteiger partial charge >= 0.3 is 0 Å². The van der Waals surface area contributed by atoms with Crippen LogP contribution in [0.4, 0.5) is 10.1 Å². The van der Waals surface area contributed by atoms with E-state index >= 15 is 0 Å². The Morgan fingerprint density at radius 1 is 1.22 bits per heavy atom. The van der Waals surface area contributed by atoms with Gasteiger partial charge in [-0.05, 0) is 37.7 Å². The third kappa shape index (κ3) is 3.34. The van der Waals surface area contributed by atoms with Crippen LogP contribution in [0.25, 0.3) is 0 Å². The lowest BCUT2D eigenvalue weighted by Crippen LogP contribution is -2.46. The summed E-state index contributed by atoms with van der Waals surface area (Å²) in [6.45, 7) is 5.76. The highest BCUT2D eigenvalue weighted by Crippen LogP contribution is 2.23. The van der Waals surface area contributed by atoms with Crippen LogP contribution in [0.3, 0.4) is 0 Å². The van der Waals surface area contributed by atoms with E-state index in [1.807, 2.05) is 0 Å². The lowest BCUT2D eigenvalue weighted by atomic mass is 10.2. The Labute approximate surface area is 112 Å². The zero-order valence-corrected chi connectivity index (χ0v) is 11.2. The van der Waals surface area contributed by atoms with Gasteiger partial charge in [0.15, 0.2) is 0 Å². The Morgan fingerprint density at radius 3 is 2.56 bits per heavy atom. The Bertz CT molecular complexity index is 392. The minimum absolute atomic E-state index is 0.193. The molecule has 0 radical (unpaired) electrons. The second kappa shape index (κ2) is 6.36. The highest BCUT2D eigenvalue weighted by Gasteiger charge is 2.17. The first kappa shape index (κ1) is 13.6. The number of nitrogens with two attached hydrogens (primary N) is 1. The maximum atomic E-state index is 13.1. The SMILES string of the molecule is NCCCN1CCN(c2ccc(F)c(Cl)c2)CC1. The minimum Gasteiger partial charge on any atom is -0.369 e. The van der Waals surface area contributed by atoms with Crippen molar-refractivity contribution in [3.05, 3.63) is 29.0 Å². The molecule has 2 N–H and O–H groups in total. The molecule has 0 saturated carbocycles. The van der Waals surface area contributed by atoms with Gasteiger partial charge in [-0.2, -0.15) is 0 Å². The molecule has 1 aromatic carbocycles. The van der Waals surface area contributed by atoms with E-state index < -0.39 is 0 Å². The van der Waals surface area contributed by atoms with E-state index in [0.717, 1.165) is 51.4 Å². The smallest absolute Gasteiger partial charge is 0.141 e. The van der Waals surface area contributed by atoms with Crippen molar-refractivity contribution in [3.8, 4) is 0 Å². The first-order chi connectivity index (χ1) is 8.70. The molecule has 5 heteroatoms. The van der Waals surface area contributed by atoms with Gasteiger partial charge in [-0.1, -0.05) is 11.6 Å². The van der Waals surface area contributed by atoms with Crippen LogP contribution in [0.5, 0.6) is 0 Å². The molecule has 2 rings (SSSR count). The number of hydrogen-bond donors (Lipinski definition) is 1. The van der Waals surface area contributed by atoms with Crippen LogP contribution in [-0.4, -0.2) is 44.2 Å². The van der Waals surface area contributed by atoms with Gasteiger partial charge in [0.1, 0.15) is 5.82 Å². The molecule has 0 atom stereocenters. The summed E-state index contributed by atoms with van der Waals surface area (Å²) in [6.07, 6.45) is 1.04. The second-order valence-corrected chi connectivity index (χ2v) is 4.98. The van der Waals surface area contributed by atoms with Gasteiger partial charge in [-0.3, -0.25) is 4.90 Å². The molecule has 1 fully saturated rings. The van der Waals surface area contributed by atoms with Crippen molar-refractivity contribution >= 4 is 17.3 Å². The van der Waals surface area contributed by atoms with E-state index in [-0.39, 0.29) is 10.8 Å². The number of rotatable bonds is 4. The van der Waals surface area contributed by atoms with Gasteiger partial charge in [0.25, 0.3) is 0 Å². The number of nitrogens with zero attached hydrogens (tertiary/aromatic N) is 2. The van der Waals surface area contributed by atoms with Crippen molar-refractivity contribution in [3.63, 3.8) is 0 Å². The van der Waals surface area contributed by atoms with Crippen LogP contribution in [0.1, 0.15) is 6.42 Å². The molecular formula is C13H19ClFN3. The van der Waals surface area contributed by atoms with Crippen molar-refractivity contribution in [2.75, 3.05) is 44.2 Å². The lowest BCUT2D eigenvalue weighted by Gasteiger charge is -2.36. The quantitative estimate of drug-likeness (QED) is 0.909. The first-order valence-corrected chi connectivity index (χ1v) is 6.71. The fraction of sp³-hybridized carbons (Fsp3) is 0.538. The average molecular weight is 272 g/mol. The lowest BCUT2D eigenvalue weighted by molar-refractivity contribution is 0.256. The standard InChI is InChI=1S/C13H19ClFN3/c14-12-10-11(2-3-13(12)15)18-8-6-17(7-9-18)5-1-4-16/h2-3,10H,1,4-9,16H2. The zero-order valence-electron chi connectivity index (χ0n) is 10.4. The highest BCUT2D eigenvalue weighted by atomic mass is 35.5. The molecule has 1 saturated heterocycles. The fourth-order valence-electron chi connectivity index (χ4n) is 2.23. The van der Waals surface area contributed by atoms with Crippen molar-refractivity contribution < 1.29 is 4.39 Å². The number of piperazine rings is 1. The van der Waals surface area contributed by atoms with Crippen LogP contribution >= 0.6 is 11.6 Å². The van der Waals surface area contributed by atoms with E-state index in [1.54, 1.807) is 12.1 Å². The summed E-state index contributed by atoms with van der Waals surface area (Å²) >= 11 is 5.80. The van der Waals surface area contributed by atoms with Crippen molar-refractivity contribution in [1.29, 1.82) is 0 Å². The average Bonchev–Trinajstić information content (AvgIpc) is 2.40. The molecule has 1 aliphatic heterocycles. The maximum Gasteiger partial charge on any atom is 0.141 e. The molecular weight excluding hydrogens is 253 g/mol. The molecule has 0 spiro atoms. The van der Waals surface area contributed by atoms with Crippen molar-refractivity contribution in [2.24, 2.45) is 5.73 Å². The van der Waals surface area contributed by atoms with Crippen LogP contribution in [0.15, 0.2) is 18.2 Å². The molecule has 0 aromatic heterocycles.